The molecule has 0 aromatic heterocycles. The van der Waals surface area contributed by atoms with Gasteiger partial charge in [-0.25, -0.2) is 0 Å². The highest BCUT2D eigenvalue weighted by atomic mass is 79.9. The summed E-state index contributed by atoms with van der Waals surface area (Å²) in [5, 5.41) is 3.44. The molecule has 2 rings (SSSR count). The molecule has 0 saturated carbocycles. The number of amides is 1. The Morgan fingerprint density at radius 3 is 2.80 bits per heavy atom. The van der Waals surface area contributed by atoms with Crippen LogP contribution in [-0.2, 0) is 11.3 Å². The Labute approximate surface area is 159 Å². The van der Waals surface area contributed by atoms with Crippen LogP contribution < -0.4 is 14.8 Å². The van der Waals surface area contributed by atoms with Gasteiger partial charge in [0.1, 0.15) is 0 Å². The van der Waals surface area contributed by atoms with Crippen LogP contribution in [0.3, 0.4) is 0 Å². The molecule has 1 aliphatic rings. The maximum Gasteiger partial charge on any atom is 0.222 e. The van der Waals surface area contributed by atoms with Crippen LogP contribution in [-0.4, -0.2) is 43.2 Å². The first-order valence-corrected chi connectivity index (χ1v) is 9.91. The number of halogens is 1. The predicted molar refractivity (Wildman–Crippen MR) is 103 cm³/mol. The molecule has 1 N–H and O–H groups in total. The maximum absolute atomic E-state index is 11.6. The Hall–Kier alpha value is -1.27. The molecule has 1 aromatic carbocycles. The van der Waals surface area contributed by atoms with Crippen molar-refractivity contribution >= 4 is 21.8 Å². The first kappa shape index (κ1) is 20.0. The Bertz CT molecular complexity index is 578. The number of nitrogens with one attached hydrogen (secondary N) is 1. The number of likely N-dealkylation sites (tertiary alicyclic amines) is 1. The van der Waals surface area contributed by atoms with E-state index in [-0.39, 0.29) is 6.10 Å². The normalized spacial score (nSPS) is 14.4. The molecular formula is C19H29BrN2O3. The van der Waals surface area contributed by atoms with E-state index in [1.165, 1.54) is 0 Å². The van der Waals surface area contributed by atoms with Crippen molar-refractivity contribution in [1.29, 1.82) is 0 Å². The Morgan fingerprint density at radius 2 is 2.16 bits per heavy atom. The monoisotopic (exact) mass is 412 g/mol. The van der Waals surface area contributed by atoms with E-state index in [2.05, 4.69) is 27.3 Å². The zero-order valence-electron chi connectivity index (χ0n) is 15.4. The third-order valence-electron chi connectivity index (χ3n) is 4.00. The molecule has 1 amide bonds. The van der Waals surface area contributed by atoms with Gasteiger partial charge in [0.15, 0.2) is 11.5 Å². The van der Waals surface area contributed by atoms with E-state index in [1.807, 2.05) is 31.7 Å². The average molecular weight is 413 g/mol. The zero-order chi connectivity index (χ0) is 18.2. The Kier molecular flexibility index (Phi) is 8.03. The van der Waals surface area contributed by atoms with Crippen molar-refractivity contribution in [2.75, 3.05) is 26.2 Å². The second-order valence-electron chi connectivity index (χ2n) is 6.52. The lowest BCUT2D eigenvalue weighted by Crippen LogP contribution is -2.28. The minimum Gasteiger partial charge on any atom is -0.490 e. The molecule has 0 aliphatic carbocycles. The minimum atomic E-state index is 0.0905. The highest BCUT2D eigenvalue weighted by Gasteiger charge is 2.19. The van der Waals surface area contributed by atoms with Crippen molar-refractivity contribution < 1.29 is 14.3 Å². The highest BCUT2D eigenvalue weighted by molar-refractivity contribution is 9.10. The van der Waals surface area contributed by atoms with E-state index in [0.717, 1.165) is 60.6 Å². The van der Waals surface area contributed by atoms with Crippen LogP contribution in [0.4, 0.5) is 0 Å². The number of rotatable bonds is 10. The fourth-order valence-electron chi connectivity index (χ4n) is 2.90. The number of hydrogen-bond donors (Lipinski definition) is 1. The van der Waals surface area contributed by atoms with Gasteiger partial charge in [0, 0.05) is 26.1 Å². The van der Waals surface area contributed by atoms with Crippen molar-refractivity contribution in [2.24, 2.45) is 0 Å². The molecule has 1 aliphatic heterocycles. The van der Waals surface area contributed by atoms with E-state index in [1.54, 1.807) is 0 Å². The van der Waals surface area contributed by atoms with Crippen LogP contribution in [0.2, 0.25) is 0 Å². The predicted octanol–water partition coefficient (Wildman–Crippen LogP) is 3.74. The first-order valence-electron chi connectivity index (χ1n) is 9.11. The van der Waals surface area contributed by atoms with E-state index >= 15 is 0 Å². The fraction of sp³-hybridized carbons (Fsp3) is 0.632. The topological polar surface area (TPSA) is 50.8 Å². The van der Waals surface area contributed by atoms with Crippen molar-refractivity contribution in [3.8, 4) is 11.5 Å². The van der Waals surface area contributed by atoms with Gasteiger partial charge in [-0.15, -0.1) is 0 Å². The van der Waals surface area contributed by atoms with Crippen LogP contribution in [0.25, 0.3) is 0 Å². The van der Waals surface area contributed by atoms with Gasteiger partial charge in [-0.05, 0) is 73.8 Å². The maximum atomic E-state index is 11.6. The summed E-state index contributed by atoms with van der Waals surface area (Å²) in [6.45, 7) is 9.98. The van der Waals surface area contributed by atoms with Gasteiger partial charge in [0.2, 0.25) is 5.91 Å². The molecule has 1 heterocycles. The smallest absolute Gasteiger partial charge is 0.222 e. The summed E-state index contributed by atoms with van der Waals surface area (Å²) in [5.74, 6) is 1.82. The lowest BCUT2D eigenvalue weighted by Gasteiger charge is -2.18. The molecule has 6 heteroatoms. The van der Waals surface area contributed by atoms with Crippen LogP contribution >= 0.6 is 15.9 Å². The molecule has 0 spiro atoms. The van der Waals surface area contributed by atoms with Gasteiger partial charge in [0.05, 0.1) is 17.2 Å². The van der Waals surface area contributed by atoms with E-state index < -0.39 is 0 Å². The minimum absolute atomic E-state index is 0.0905. The molecule has 140 valence electrons. The second-order valence-corrected chi connectivity index (χ2v) is 7.37. The number of carbonyl (C=O) groups is 1. The molecule has 25 heavy (non-hydrogen) atoms. The third-order valence-corrected chi connectivity index (χ3v) is 4.59. The fourth-order valence-corrected chi connectivity index (χ4v) is 3.49. The summed E-state index contributed by atoms with van der Waals surface area (Å²) < 4.78 is 12.5. The molecule has 0 radical (unpaired) electrons. The molecule has 1 saturated heterocycles. The van der Waals surface area contributed by atoms with Crippen molar-refractivity contribution in [3.63, 3.8) is 0 Å². The molecule has 5 nitrogen and oxygen atoms in total. The van der Waals surface area contributed by atoms with E-state index in [4.69, 9.17) is 9.47 Å². The van der Waals surface area contributed by atoms with Crippen LogP contribution in [0.5, 0.6) is 11.5 Å². The number of benzene rings is 1. The second kappa shape index (κ2) is 10.0. The van der Waals surface area contributed by atoms with Gasteiger partial charge in [-0.3, -0.25) is 4.79 Å². The third kappa shape index (κ3) is 6.19. The zero-order valence-corrected chi connectivity index (χ0v) is 17.0. The molecule has 0 bridgehead atoms. The van der Waals surface area contributed by atoms with Gasteiger partial charge in [0.25, 0.3) is 0 Å². The van der Waals surface area contributed by atoms with Crippen LogP contribution in [0, 0.1) is 0 Å². The number of carbonyl (C=O) groups excluding carboxylic acids is 1. The van der Waals surface area contributed by atoms with E-state index in [9.17, 15) is 4.79 Å². The molecule has 0 unspecified atom stereocenters. The first-order chi connectivity index (χ1) is 12.0. The number of ether oxygens (including phenoxy) is 2. The quantitative estimate of drug-likeness (QED) is 0.594. The number of hydrogen-bond acceptors (Lipinski definition) is 4. The van der Waals surface area contributed by atoms with Crippen molar-refractivity contribution in [1.82, 2.24) is 10.2 Å². The lowest BCUT2D eigenvalue weighted by molar-refractivity contribution is -0.127. The number of nitrogens with zero attached hydrogens (tertiary/aromatic N) is 1. The van der Waals surface area contributed by atoms with Gasteiger partial charge in [-0.2, -0.15) is 0 Å². The summed E-state index contributed by atoms with van der Waals surface area (Å²) in [6, 6.07) is 4.10. The van der Waals surface area contributed by atoms with Crippen molar-refractivity contribution in [2.45, 2.75) is 52.7 Å². The molecular weight excluding hydrogens is 384 g/mol. The molecule has 1 aromatic rings. The SMILES string of the molecule is CCOc1cc(CNCCCN2CCCC2=O)cc(Br)c1OC(C)C. The van der Waals surface area contributed by atoms with Crippen LogP contribution in [0.1, 0.15) is 45.6 Å². The molecule has 1 fully saturated rings. The van der Waals surface area contributed by atoms with Gasteiger partial charge >= 0.3 is 0 Å². The van der Waals surface area contributed by atoms with Crippen LogP contribution in [0.15, 0.2) is 16.6 Å². The van der Waals surface area contributed by atoms with E-state index in [0.29, 0.717) is 18.9 Å². The summed E-state index contributed by atoms with van der Waals surface area (Å²) in [5.41, 5.74) is 1.14. The van der Waals surface area contributed by atoms with Crippen molar-refractivity contribution in [3.05, 3.63) is 22.2 Å². The Balaban J connectivity index is 1.85. The lowest BCUT2D eigenvalue weighted by atomic mass is 10.2. The summed E-state index contributed by atoms with van der Waals surface area (Å²) in [6.07, 6.45) is 2.78. The standard InChI is InChI=1S/C19H29BrN2O3/c1-4-24-17-12-15(11-16(20)19(17)25-14(2)3)13-21-8-6-10-22-9-5-7-18(22)23/h11-12,14,21H,4-10,13H2,1-3H3. The summed E-state index contributed by atoms with van der Waals surface area (Å²) in [7, 11) is 0. The Morgan fingerprint density at radius 1 is 1.36 bits per heavy atom. The van der Waals surface area contributed by atoms with Gasteiger partial charge in [-0.1, -0.05) is 0 Å². The molecule has 0 atom stereocenters. The summed E-state index contributed by atoms with van der Waals surface area (Å²) in [4.78, 5) is 13.5. The summed E-state index contributed by atoms with van der Waals surface area (Å²) >= 11 is 3.59. The highest BCUT2D eigenvalue weighted by Crippen LogP contribution is 2.37. The van der Waals surface area contributed by atoms with Gasteiger partial charge < -0.3 is 19.7 Å². The average Bonchev–Trinajstić information content (AvgIpc) is 2.95. The largest absolute Gasteiger partial charge is 0.490 e.